The van der Waals surface area contributed by atoms with Gasteiger partial charge in [-0.3, -0.25) is 9.59 Å². The van der Waals surface area contributed by atoms with E-state index in [1.807, 2.05) is 13.0 Å². The molecule has 2 N–H and O–H groups in total. The molecule has 3 fully saturated rings. The largest absolute Gasteiger partial charge is 0.351 e. The second-order valence-corrected chi connectivity index (χ2v) is 8.53. The van der Waals surface area contributed by atoms with Gasteiger partial charge >= 0.3 is 0 Å². The topological polar surface area (TPSA) is 61.4 Å². The average molecular weight is 347 g/mol. The Bertz CT molecular complexity index is 649. The summed E-state index contributed by atoms with van der Waals surface area (Å²) in [5.74, 6) is 0.842. The Hall–Kier alpha value is -1.40. The van der Waals surface area contributed by atoms with Gasteiger partial charge in [0.15, 0.2) is 0 Å². The fraction of sp³-hybridized carbons (Fsp3) is 0.667. The van der Waals surface area contributed by atoms with Crippen LogP contribution in [0, 0.1) is 18.8 Å². The van der Waals surface area contributed by atoms with Gasteiger partial charge in [0, 0.05) is 25.0 Å². The van der Waals surface area contributed by atoms with E-state index in [1.54, 1.807) is 0 Å². The third-order valence-corrected chi connectivity index (χ3v) is 6.40. The first kappa shape index (κ1) is 16.1. The minimum absolute atomic E-state index is 0.00528. The SMILES string of the molecule is Cc1cc(NC(=O)C2CC2)sc1C(=O)NCC1CCN(C2CC2)C1. The number of thiophene rings is 1. The third kappa shape index (κ3) is 3.64. The van der Waals surface area contributed by atoms with E-state index in [9.17, 15) is 9.59 Å². The van der Waals surface area contributed by atoms with Crippen LogP contribution in [0.3, 0.4) is 0 Å². The van der Waals surface area contributed by atoms with Gasteiger partial charge in [0.25, 0.3) is 5.91 Å². The lowest BCUT2D eigenvalue weighted by Crippen LogP contribution is -2.31. The lowest BCUT2D eigenvalue weighted by molar-refractivity contribution is -0.117. The highest BCUT2D eigenvalue weighted by atomic mass is 32.1. The average Bonchev–Trinajstić information content (AvgIpc) is 3.48. The highest BCUT2D eigenvalue weighted by Gasteiger charge is 2.34. The van der Waals surface area contributed by atoms with Crippen molar-refractivity contribution in [2.75, 3.05) is 25.0 Å². The number of nitrogens with zero attached hydrogens (tertiary/aromatic N) is 1. The van der Waals surface area contributed by atoms with Crippen molar-refractivity contribution in [1.82, 2.24) is 10.2 Å². The zero-order valence-corrected chi connectivity index (χ0v) is 15.0. The van der Waals surface area contributed by atoms with Crippen LogP contribution in [0.4, 0.5) is 5.00 Å². The molecular formula is C18H25N3O2S. The standard InChI is InChI=1S/C18H25N3O2S/c1-11-8-15(20-17(22)13-2-3-13)24-16(11)18(23)19-9-12-6-7-21(10-12)14-4-5-14/h8,12-14H,2-7,9-10H2,1H3,(H,19,23)(H,20,22). The summed E-state index contributed by atoms with van der Waals surface area (Å²) in [5.41, 5.74) is 0.939. The molecule has 24 heavy (non-hydrogen) atoms. The predicted molar refractivity (Wildman–Crippen MR) is 95.4 cm³/mol. The maximum atomic E-state index is 12.5. The highest BCUT2D eigenvalue weighted by Crippen LogP contribution is 2.33. The van der Waals surface area contributed by atoms with Gasteiger partial charge in [-0.15, -0.1) is 11.3 Å². The fourth-order valence-corrected chi connectivity index (χ4v) is 4.45. The molecule has 2 amide bonds. The van der Waals surface area contributed by atoms with Crippen LogP contribution in [0.15, 0.2) is 6.07 Å². The molecule has 3 aliphatic rings. The number of anilines is 1. The lowest BCUT2D eigenvalue weighted by atomic mass is 10.1. The first-order chi connectivity index (χ1) is 11.6. The summed E-state index contributed by atoms with van der Waals surface area (Å²) in [5, 5.41) is 6.82. The number of hydrogen-bond acceptors (Lipinski definition) is 4. The summed E-state index contributed by atoms with van der Waals surface area (Å²) in [4.78, 5) is 27.6. The zero-order chi connectivity index (χ0) is 16.7. The molecule has 6 heteroatoms. The van der Waals surface area contributed by atoms with Crippen LogP contribution in [-0.4, -0.2) is 42.4 Å². The van der Waals surface area contributed by atoms with E-state index in [4.69, 9.17) is 0 Å². The minimum Gasteiger partial charge on any atom is -0.351 e. The van der Waals surface area contributed by atoms with E-state index in [-0.39, 0.29) is 17.7 Å². The molecule has 1 aromatic heterocycles. The maximum Gasteiger partial charge on any atom is 0.261 e. The molecule has 0 bridgehead atoms. The smallest absolute Gasteiger partial charge is 0.261 e. The fourth-order valence-electron chi connectivity index (χ4n) is 3.46. The Balaban J connectivity index is 1.29. The quantitative estimate of drug-likeness (QED) is 0.831. The molecule has 1 aromatic rings. The number of rotatable bonds is 6. The normalized spacial score (nSPS) is 24.1. The highest BCUT2D eigenvalue weighted by molar-refractivity contribution is 7.18. The van der Waals surface area contributed by atoms with Crippen molar-refractivity contribution in [1.29, 1.82) is 0 Å². The van der Waals surface area contributed by atoms with Crippen LogP contribution in [0.25, 0.3) is 0 Å². The van der Waals surface area contributed by atoms with Crippen molar-refractivity contribution in [3.8, 4) is 0 Å². The Morgan fingerprint density at radius 3 is 2.75 bits per heavy atom. The van der Waals surface area contributed by atoms with Gasteiger partial charge in [-0.25, -0.2) is 0 Å². The Morgan fingerprint density at radius 2 is 2.04 bits per heavy atom. The van der Waals surface area contributed by atoms with Gasteiger partial charge < -0.3 is 15.5 Å². The molecule has 2 heterocycles. The van der Waals surface area contributed by atoms with Crippen LogP contribution >= 0.6 is 11.3 Å². The number of carbonyl (C=O) groups excluding carboxylic acids is 2. The third-order valence-electron chi connectivity index (χ3n) is 5.25. The van der Waals surface area contributed by atoms with Crippen molar-refractivity contribution >= 4 is 28.2 Å². The molecule has 2 saturated carbocycles. The van der Waals surface area contributed by atoms with Crippen molar-refractivity contribution < 1.29 is 9.59 Å². The minimum atomic E-state index is -0.00528. The van der Waals surface area contributed by atoms with Crippen LogP contribution in [-0.2, 0) is 4.79 Å². The van der Waals surface area contributed by atoms with E-state index in [0.29, 0.717) is 5.92 Å². The number of carbonyl (C=O) groups is 2. The first-order valence-corrected chi connectivity index (χ1v) is 9.85. The summed E-state index contributed by atoms with van der Waals surface area (Å²) in [6.07, 6.45) is 5.86. The van der Waals surface area contributed by atoms with Gasteiger partial charge in [-0.2, -0.15) is 0 Å². The number of nitrogens with one attached hydrogen (secondary N) is 2. The molecule has 1 unspecified atom stereocenters. The molecule has 4 rings (SSSR count). The van der Waals surface area contributed by atoms with Gasteiger partial charge in [0.2, 0.25) is 5.91 Å². The molecule has 130 valence electrons. The van der Waals surface area contributed by atoms with Crippen molar-refractivity contribution in [3.05, 3.63) is 16.5 Å². The van der Waals surface area contributed by atoms with Gasteiger partial charge in [0.05, 0.1) is 9.88 Å². The number of hydrogen-bond donors (Lipinski definition) is 2. The van der Waals surface area contributed by atoms with E-state index in [0.717, 1.165) is 47.4 Å². The Kier molecular flexibility index (Phi) is 4.35. The lowest BCUT2D eigenvalue weighted by Gasteiger charge is -2.15. The van der Waals surface area contributed by atoms with Crippen LogP contribution in [0.1, 0.15) is 47.3 Å². The Labute approximate surface area is 146 Å². The molecule has 1 saturated heterocycles. The molecule has 5 nitrogen and oxygen atoms in total. The molecule has 1 aliphatic heterocycles. The summed E-state index contributed by atoms with van der Waals surface area (Å²) in [6, 6.07) is 2.73. The van der Waals surface area contributed by atoms with E-state index >= 15 is 0 Å². The number of amides is 2. The molecule has 0 radical (unpaired) electrons. The molecule has 2 aliphatic carbocycles. The summed E-state index contributed by atoms with van der Waals surface area (Å²) in [7, 11) is 0. The monoisotopic (exact) mass is 347 g/mol. The summed E-state index contributed by atoms with van der Waals surface area (Å²) in [6.45, 7) is 4.99. The molecular weight excluding hydrogens is 322 g/mol. The van der Waals surface area contributed by atoms with E-state index in [2.05, 4.69) is 15.5 Å². The van der Waals surface area contributed by atoms with Gasteiger partial charge in [-0.05, 0) is 63.1 Å². The van der Waals surface area contributed by atoms with Crippen molar-refractivity contribution in [2.45, 2.75) is 45.1 Å². The number of aryl methyl sites for hydroxylation is 1. The van der Waals surface area contributed by atoms with Gasteiger partial charge in [-0.1, -0.05) is 0 Å². The van der Waals surface area contributed by atoms with Gasteiger partial charge in [0.1, 0.15) is 0 Å². The summed E-state index contributed by atoms with van der Waals surface area (Å²) < 4.78 is 0. The first-order valence-electron chi connectivity index (χ1n) is 9.03. The second kappa shape index (κ2) is 6.48. The van der Waals surface area contributed by atoms with Crippen LogP contribution < -0.4 is 10.6 Å². The van der Waals surface area contributed by atoms with Crippen molar-refractivity contribution in [3.63, 3.8) is 0 Å². The zero-order valence-electron chi connectivity index (χ0n) is 14.1. The Morgan fingerprint density at radius 1 is 1.25 bits per heavy atom. The molecule has 0 aromatic carbocycles. The van der Waals surface area contributed by atoms with Crippen molar-refractivity contribution in [2.24, 2.45) is 11.8 Å². The van der Waals surface area contributed by atoms with Crippen LogP contribution in [0.2, 0.25) is 0 Å². The number of likely N-dealkylation sites (tertiary alicyclic amines) is 1. The van der Waals surface area contributed by atoms with Crippen LogP contribution in [0.5, 0.6) is 0 Å². The second-order valence-electron chi connectivity index (χ2n) is 7.48. The summed E-state index contributed by atoms with van der Waals surface area (Å²) >= 11 is 1.38. The van der Waals surface area contributed by atoms with E-state index in [1.165, 1.54) is 37.1 Å². The predicted octanol–water partition coefficient (Wildman–Crippen LogP) is 2.62. The molecule has 1 atom stereocenters. The van der Waals surface area contributed by atoms with E-state index < -0.39 is 0 Å². The molecule has 0 spiro atoms. The maximum absolute atomic E-state index is 12.5.